The lowest BCUT2D eigenvalue weighted by Crippen LogP contribution is -3.12. The Morgan fingerprint density at radius 2 is 2.16 bits per heavy atom. The number of nitrogens with one attached hydrogen (secondary N) is 1. The van der Waals surface area contributed by atoms with E-state index in [9.17, 15) is 0 Å². The minimum absolute atomic E-state index is 0.754. The molecule has 0 aliphatic carbocycles. The van der Waals surface area contributed by atoms with Crippen LogP contribution in [0.1, 0.15) is 19.3 Å². The molecule has 2 aromatic rings. The Morgan fingerprint density at radius 1 is 1.37 bits per heavy atom. The number of hydrogen-bond donors (Lipinski definition) is 1. The second kappa shape index (κ2) is 5.30. The maximum Gasteiger partial charge on any atom is 0.202 e. The van der Waals surface area contributed by atoms with Crippen molar-refractivity contribution in [1.82, 2.24) is 14.3 Å². The summed E-state index contributed by atoms with van der Waals surface area (Å²) >= 11 is 5.46. The van der Waals surface area contributed by atoms with Gasteiger partial charge in [-0.05, 0) is 43.6 Å². The van der Waals surface area contributed by atoms with Crippen molar-refractivity contribution < 1.29 is 9.32 Å². The first-order valence-corrected chi connectivity index (χ1v) is 7.18. The molecule has 0 amide bonds. The van der Waals surface area contributed by atoms with Crippen LogP contribution in [0.2, 0.25) is 0 Å². The van der Waals surface area contributed by atoms with E-state index in [4.69, 9.17) is 16.6 Å². The van der Waals surface area contributed by atoms with Crippen LogP contribution < -0.4 is 4.90 Å². The van der Waals surface area contributed by atoms with Crippen molar-refractivity contribution in [2.45, 2.75) is 25.9 Å². The fourth-order valence-electron chi connectivity index (χ4n) is 2.63. The molecular formula is C13H19N4OS+. The van der Waals surface area contributed by atoms with E-state index in [1.54, 1.807) is 11.2 Å². The highest BCUT2D eigenvalue weighted by atomic mass is 32.1. The summed E-state index contributed by atoms with van der Waals surface area (Å²) in [5, 5.41) is 4.61. The number of aromatic nitrogens is 3. The van der Waals surface area contributed by atoms with E-state index in [-0.39, 0.29) is 0 Å². The van der Waals surface area contributed by atoms with Gasteiger partial charge >= 0.3 is 0 Å². The third-order valence-electron chi connectivity index (χ3n) is 3.72. The van der Waals surface area contributed by atoms with Crippen molar-refractivity contribution in [2.75, 3.05) is 13.1 Å². The quantitative estimate of drug-likeness (QED) is 0.859. The largest absolute Gasteiger partial charge is 0.461 e. The highest BCUT2D eigenvalue weighted by Crippen LogP contribution is 2.17. The molecule has 3 heterocycles. The van der Waals surface area contributed by atoms with Crippen LogP contribution in [0.15, 0.2) is 22.8 Å². The molecule has 6 heteroatoms. The average molecular weight is 279 g/mol. The van der Waals surface area contributed by atoms with Gasteiger partial charge in [0, 0.05) is 7.05 Å². The lowest BCUT2D eigenvalue weighted by atomic mass is 10.1. The van der Waals surface area contributed by atoms with Crippen LogP contribution in [0.4, 0.5) is 0 Å². The van der Waals surface area contributed by atoms with Crippen LogP contribution in [0, 0.1) is 4.77 Å². The van der Waals surface area contributed by atoms with Crippen molar-refractivity contribution in [1.29, 1.82) is 0 Å². The van der Waals surface area contributed by atoms with Crippen LogP contribution in [-0.2, 0) is 13.7 Å². The number of quaternary nitrogens is 1. The van der Waals surface area contributed by atoms with E-state index in [2.05, 4.69) is 5.10 Å². The fraction of sp³-hybridized carbons (Fsp3) is 0.538. The van der Waals surface area contributed by atoms with Gasteiger partial charge in [-0.1, -0.05) is 0 Å². The van der Waals surface area contributed by atoms with Gasteiger partial charge in [0.15, 0.2) is 18.3 Å². The Morgan fingerprint density at radius 3 is 2.84 bits per heavy atom. The van der Waals surface area contributed by atoms with E-state index < -0.39 is 0 Å². The van der Waals surface area contributed by atoms with Gasteiger partial charge in [0.2, 0.25) is 4.77 Å². The molecule has 0 saturated carbocycles. The zero-order chi connectivity index (χ0) is 13.2. The predicted octanol–water partition coefficient (Wildman–Crippen LogP) is 1.24. The van der Waals surface area contributed by atoms with Gasteiger partial charge in [0.05, 0.1) is 19.4 Å². The second-order valence-electron chi connectivity index (χ2n) is 5.11. The third-order valence-corrected chi connectivity index (χ3v) is 4.20. The first kappa shape index (κ1) is 12.6. The molecule has 3 rings (SSSR count). The van der Waals surface area contributed by atoms with Crippen molar-refractivity contribution in [3.05, 3.63) is 23.2 Å². The number of nitrogens with zero attached hydrogens (tertiary/aromatic N) is 3. The highest BCUT2D eigenvalue weighted by Gasteiger charge is 2.18. The smallest absolute Gasteiger partial charge is 0.202 e. The number of piperidine rings is 1. The topological polar surface area (TPSA) is 40.3 Å². The SMILES string of the molecule is Cn1c(-c2ccco2)nn(C[NH+]2CCCCC2)c1=S. The van der Waals surface area contributed by atoms with Gasteiger partial charge in [-0.25, -0.2) is 0 Å². The Labute approximate surface area is 117 Å². The molecule has 19 heavy (non-hydrogen) atoms. The summed E-state index contributed by atoms with van der Waals surface area (Å²) in [4.78, 5) is 1.56. The predicted molar refractivity (Wildman–Crippen MR) is 74.3 cm³/mol. The molecule has 0 radical (unpaired) electrons. The summed E-state index contributed by atoms with van der Waals surface area (Å²) in [7, 11) is 1.94. The van der Waals surface area contributed by atoms with Crippen LogP contribution >= 0.6 is 12.2 Å². The summed E-state index contributed by atoms with van der Waals surface area (Å²) in [5.41, 5.74) is 0. The van der Waals surface area contributed by atoms with Crippen molar-refractivity contribution in [3.8, 4) is 11.6 Å². The lowest BCUT2D eigenvalue weighted by Gasteiger charge is -2.22. The first-order chi connectivity index (χ1) is 9.25. The van der Waals surface area contributed by atoms with Crippen molar-refractivity contribution >= 4 is 12.2 Å². The van der Waals surface area contributed by atoms with E-state index in [0.29, 0.717) is 0 Å². The second-order valence-corrected chi connectivity index (χ2v) is 5.48. The zero-order valence-electron chi connectivity index (χ0n) is 11.1. The molecule has 1 N–H and O–H groups in total. The van der Waals surface area contributed by atoms with E-state index in [0.717, 1.165) is 23.0 Å². The van der Waals surface area contributed by atoms with Crippen LogP contribution in [0.25, 0.3) is 11.6 Å². The third kappa shape index (κ3) is 2.50. The number of hydrogen-bond acceptors (Lipinski definition) is 3. The molecule has 102 valence electrons. The summed E-state index contributed by atoms with van der Waals surface area (Å²) in [6.45, 7) is 3.29. The molecule has 5 nitrogen and oxygen atoms in total. The Balaban J connectivity index is 1.86. The molecule has 0 aromatic carbocycles. The maximum atomic E-state index is 5.46. The van der Waals surface area contributed by atoms with Crippen LogP contribution in [0.3, 0.4) is 0 Å². The molecule has 0 bridgehead atoms. The Hall–Kier alpha value is -1.40. The number of likely N-dealkylation sites (tertiary alicyclic amines) is 1. The minimum atomic E-state index is 0.754. The summed E-state index contributed by atoms with van der Waals surface area (Å²) < 4.78 is 10.0. The molecule has 1 aliphatic heterocycles. The van der Waals surface area contributed by atoms with E-state index in [1.807, 2.05) is 28.4 Å². The van der Waals surface area contributed by atoms with Crippen molar-refractivity contribution in [3.63, 3.8) is 0 Å². The summed E-state index contributed by atoms with van der Waals surface area (Å²) in [5.74, 6) is 1.56. The van der Waals surface area contributed by atoms with Gasteiger partial charge in [0.1, 0.15) is 0 Å². The molecule has 2 aromatic heterocycles. The zero-order valence-corrected chi connectivity index (χ0v) is 11.9. The van der Waals surface area contributed by atoms with E-state index in [1.165, 1.54) is 32.4 Å². The normalized spacial score (nSPS) is 16.9. The molecular weight excluding hydrogens is 260 g/mol. The monoisotopic (exact) mass is 279 g/mol. The van der Waals surface area contributed by atoms with Gasteiger partial charge in [-0.3, -0.25) is 0 Å². The molecule has 0 spiro atoms. The van der Waals surface area contributed by atoms with Crippen molar-refractivity contribution in [2.24, 2.45) is 7.05 Å². The van der Waals surface area contributed by atoms with Gasteiger partial charge < -0.3 is 13.9 Å². The van der Waals surface area contributed by atoms with Crippen LogP contribution in [-0.4, -0.2) is 27.4 Å². The molecule has 0 unspecified atom stereocenters. The highest BCUT2D eigenvalue weighted by molar-refractivity contribution is 7.71. The maximum absolute atomic E-state index is 5.46. The number of rotatable bonds is 3. The lowest BCUT2D eigenvalue weighted by molar-refractivity contribution is -0.928. The summed E-state index contributed by atoms with van der Waals surface area (Å²) in [6, 6.07) is 3.78. The molecule has 1 saturated heterocycles. The molecule has 0 atom stereocenters. The summed E-state index contributed by atoms with van der Waals surface area (Å²) in [6.07, 6.45) is 5.63. The van der Waals surface area contributed by atoms with Gasteiger partial charge in [0.25, 0.3) is 0 Å². The van der Waals surface area contributed by atoms with Gasteiger partial charge in [-0.15, -0.1) is 5.10 Å². The van der Waals surface area contributed by atoms with E-state index >= 15 is 0 Å². The first-order valence-electron chi connectivity index (χ1n) is 6.77. The Kier molecular flexibility index (Phi) is 3.52. The minimum Gasteiger partial charge on any atom is -0.461 e. The Bertz CT molecular complexity index is 593. The van der Waals surface area contributed by atoms with Crippen LogP contribution in [0.5, 0.6) is 0 Å². The fourth-order valence-corrected chi connectivity index (χ4v) is 2.82. The molecule has 1 aliphatic rings. The average Bonchev–Trinajstić information content (AvgIpc) is 3.04. The van der Waals surface area contributed by atoms with Gasteiger partial charge in [-0.2, -0.15) is 4.68 Å². The molecule has 1 fully saturated rings. The number of furan rings is 1. The standard InChI is InChI=1S/C13H18N4OS/c1-15-12(11-6-5-9-18-11)14-17(13(15)19)10-16-7-3-2-4-8-16/h5-6,9H,2-4,7-8,10H2,1H3/p+1.